The third kappa shape index (κ3) is 4.23. The molecule has 1 aromatic heterocycles. The summed E-state index contributed by atoms with van der Waals surface area (Å²) in [7, 11) is 0. The summed E-state index contributed by atoms with van der Waals surface area (Å²) in [5.41, 5.74) is 3.78. The van der Waals surface area contributed by atoms with E-state index in [1.54, 1.807) is 0 Å². The van der Waals surface area contributed by atoms with Crippen LogP contribution in [0.2, 0.25) is 0 Å². The standard InChI is InChI=1S/C20H26N2O3/c1-3-4-9-25-19-6-5-15(2)12-17(19)16-13-18(21-14-16)20(23)22-7-10-24-11-8-22/h5-6,12-14,21H,3-4,7-11H2,1-2H3. The number of aryl methyl sites for hydroxylation is 1. The number of benzene rings is 1. The summed E-state index contributed by atoms with van der Waals surface area (Å²) in [4.78, 5) is 17.6. The molecule has 0 atom stereocenters. The molecule has 0 saturated carbocycles. The van der Waals surface area contributed by atoms with E-state index in [-0.39, 0.29) is 5.91 Å². The lowest BCUT2D eigenvalue weighted by molar-refractivity contribution is 0.0299. The van der Waals surface area contributed by atoms with Gasteiger partial charge in [0.1, 0.15) is 11.4 Å². The van der Waals surface area contributed by atoms with Gasteiger partial charge < -0.3 is 19.4 Å². The predicted octanol–water partition coefficient (Wildman–Crippen LogP) is 3.64. The summed E-state index contributed by atoms with van der Waals surface area (Å²) in [6.07, 6.45) is 4.01. The number of carbonyl (C=O) groups excluding carboxylic acids is 1. The van der Waals surface area contributed by atoms with Crippen LogP contribution in [-0.2, 0) is 4.74 Å². The molecule has 0 spiro atoms. The van der Waals surface area contributed by atoms with Crippen LogP contribution in [0.3, 0.4) is 0 Å². The van der Waals surface area contributed by atoms with E-state index in [1.807, 2.05) is 23.2 Å². The summed E-state index contributed by atoms with van der Waals surface area (Å²) in [6, 6.07) is 8.08. The van der Waals surface area contributed by atoms with E-state index in [2.05, 4.69) is 31.0 Å². The number of morpholine rings is 1. The largest absolute Gasteiger partial charge is 0.493 e. The second-order valence-corrected chi connectivity index (χ2v) is 6.41. The normalized spacial score (nSPS) is 14.6. The van der Waals surface area contributed by atoms with Gasteiger partial charge in [-0.15, -0.1) is 0 Å². The number of nitrogens with zero attached hydrogens (tertiary/aromatic N) is 1. The Labute approximate surface area is 148 Å². The van der Waals surface area contributed by atoms with E-state index in [1.165, 1.54) is 5.56 Å². The molecule has 0 bridgehead atoms. The summed E-state index contributed by atoms with van der Waals surface area (Å²) < 4.78 is 11.3. The van der Waals surface area contributed by atoms with E-state index in [0.29, 0.717) is 38.6 Å². The van der Waals surface area contributed by atoms with Crippen molar-refractivity contribution in [2.45, 2.75) is 26.7 Å². The molecule has 2 aromatic rings. The highest BCUT2D eigenvalue weighted by Gasteiger charge is 2.20. The minimum absolute atomic E-state index is 0.0238. The highest BCUT2D eigenvalue weighted by molar-refractivity contribution is 5.94. The quantitative estimate of drug-likeness (QED) is 0.816. The summed E-state index contributed by atoms with van der Waals surface area (Å²) in [5, 5.41) is 0. The number of hydrogen-bond donors (Lipinski definition) is 1. The zero-order valence-electron chi connectivity index (χ0n) is 15.0. The fourth-order valence-corrected chi connectivity index (χ4v) is 2.93. The van der Waals surface area contributed by atoms with Gasteiger partial charge in [-0.3, -0.25) is 4.79 Å². The Kier molecular flexibility index (Phi) is 5.76. The Balaban J connectivity index is 1.81. The fourth-order valence-electron chi connectivity index (χ4n) is 2.93. The molecule has 1 N–H and O–H groups in total. The first-order valence-electron chi connectivity index (χ1n) is 8.98. The molecule has 1 aliphatic rings. The van der Waals surface area contributed by atoms with E-state index in [0.717, 1.165) is 29.7 Å². The Hall–Kier alpha value is -2.27. The van der Waals surface area contributed by atoms with E-state index in [4.69, 9.17) is 9.47 Å². The topological polar surface area (TPSA) is 54.6 Å². The molecule has 0 radical (unpaired) electrons. The van der Waals surface area contributed by atoms with Gasteiger partial charge in [-0.1, -0.05) is 25.0 Å². The number of amides is 1. The fraction of sp³-hybridized carbons (Fsp3) is 0.450. The van der Waals surface area contributed by atoms with Crippen molar-refractivity contribution in [3.8, 4) is 16.9 Å². The summed E-state index contributed by atoms with van der Waals surface area (Å²) in [6.45, 7) is 7.41. The Morgan fingerprint density at radius 3 is 2.84 bits per heavy atom. The zero-order valence-corrected chi connectivity index (χ0v) is 15.0. The Morgan fingerprint density at radius 1 is 1.28 bits per heavy atom. The third-order valence-corrected chi connectivity index (χ3v) is 4.41. The van der Waals surface area contributed by atoms with Crippen LogP contribution in [0.5, 0.6) is 5.75 Å². The maximum Gasteiger partial charge on any atom is 0.270 e. The Morgan fingerprint density at radius 2 is 2.08 bits per heavy atom. The maximum atomic E-state index is 12.6. The van der Waals surface area contributed by atoms with E-state index >= 15 is 0 Å². The lowest BCUT2D eigenvalue weighted by atomic mass is 10.0. The average molecular weight is 342 g/mol. The number of aromatic amines is 1. The second kappa shape index (κ2) is 8.21. The van der Waals surface area contributed by atoms with Crippen LogP contribution in [0.15, 0.2) is 30.5 Å². The molecule has 1 amide bonds. The predicted molar refractivity (Wildman–Crippen MR) is 98.1 cm³/mol. The highest BCUT2D eigenvalue weighted by atomic mass is 16.5. The molecule has 1 fully saturated rings. The minimum atomic E-state index is 0.0238. The number of H-pyrrole nitrogens is 1. The molecular weight excluding hydrogens is 316 g/mol. The number of unbranched alkanes of at least 4 members (excludes halogenated alkanes) is 1. The number of ether oxygens (including phenoxy) is 2. The molecular formula is C20H26N2O3. The summed E-state index contributed by atoms with van der Waals surface area (Å²) in [5.74, 6) is 0.888. The van der Waals surface area contributed by atoms with Crippen LogP contribution in [0.4, 0.5) is 0 Å². The molecule has 0 unspecified atom stereocenters. The van der Waals surface area contributed by atoms with Crippen molar-refractivity contribution < 1.29 is 14.3 Å². The van der Waals surface area contributed by atoms with Crippen molar-refractivity contribution in [2.24, 2.45) is 0 Å². The number of aromatic nitrogens is 1. The van der Waals surface area contributed by atoms with Crippen molar-refractivity contribution in [3.05, 3.63) is 41.7 Å². The molecule has 1 aliphatic heterocycles. The van der Waals surface area contributed by atoms with E-state index < -0.39 is 0 Å². The van der Waals surface area contributed by atoms with E-state index in [9.17, 15) is 4.79 Å². The molecule has 3 rings (SSSR count). The van der Waals surface area contributed by atoms with Crippen LogP contribution < -0.4 is 4.74 Å². The number of nitrogens with one attached hydrogen (secondary N) is 1. The zero-order chi connectivity index (χ0) is 17.6. The Bertz CT molecular complexity index is 717. The summed E-state index contributed by atoms with van der Waals surface area (Å²) >= 11 is 0. The van der Waals surface area contributed by atoms with Gasteiger partial charge in [0.15, 0.2) is 0 Å². The number of hydrogen-bond acceptors (Lipinski definition) is 3. The van der Waals surface area contributed by atoms with Gasteiger partial charge in [-0.25, -0.2) is 0 Å². The SMILES string of the molecule is CCCCOc1ccc(C)cc1-c1c[nH]c(C(=O)N2CCOCC2)c1. The molecule has 25 heavy (non-hydrogen) atoms. The van der Waals surface area contributed by atoms with Gasteiger partial charge in [0, 0.05) is 30.4 Å². The number of carbonyl (C=O) groups is 1. The lowest BCUT2D eigenvalue weighted by Crippen LogP contribution is -2.40. The first kappa shape index (κ1) is 17.5. The average Bonchev–Trinajstić information content (AvgIpc) is 3.13. The van der Waals surface area contributed by atoms with Crippen molar-refractivity contribution in [2.75, 3.05) is 32.9 Å². The van der Waals surface area contributed by atoms with Crippen LogP contribution in [0.1, 0.15) is 35.8 Å². The molecule has 1 saturated heterocycles. The smallest absolute Gasteiger partial charge is 0.270 e. The van der Waals surface area contributed by atoms with Gasteiger partial charge in [-0.05, 0) is 31.5 Å². The molecule has 2 heterocycles. The molecule has 1 aromatic carbocycles. The van der Waals surface area contributed by atoms with Crippen LogP contribution in [0, 0.1) is 6.92 Å². The lowest BCUT2D eigenvalue weighted by Gasteiger charge is -2.26. The molecule has 5 heteroatoms. The van der Waals surface area contributed by atoms with Crippen molar-refractivity contribution in [1.29, 1.82) is 0 Å². The van der Waals surface area contributed by atoms with Crippen molar-refractivity contribution in [1.82, 2.24) is 9.88 Å². The first-order chi connectivity index (χ1) is 12.2. The van der Waals surface area contributed by atoms with Crippen molar-refractivity contribution >= 4 is 5.91 Å². The number of rotatable bonds is 6. The van der Waals surface area contributed by atoms with Crippen LogP contribution >= 0.6 is 0 Å². The van der Waals surface area contributed by atoms with Gasteiger partial charge in [-0.2, -0.15) is 0 Å². The molecule has 134 valence electrons. The highest BCUT2D eigenvalue weighted by Crippen LogP contribution is 2.32. The third-order valence-electron chi connectivity index (χ3n) is 4.41. The van der Waals surface area contributed by atoms with Gasteiger partial charge in [0.2, 0.25) is 0 Å². The second-order valence-electron chi connectivity index (χ2n) is 6.41. The van der Waals surface area contributed by atoms with Gasteiger partial charge in [0.25, 0.3) is 5.91 Å². The molecule has 0 aliphatic carbocycles. The molecule has 5 nitrogen and oxygen atoms in total. The van der Waals surface area contributed by atoms with Gasteiger partial charge >= 0.3 is 0 Å². The van der Waals surface area contributed by atoms with Gasteiger partial charge in [0.05, 0.1) is 19.8 Å². The monoisotopic (exact) mass is 342 g/mol. The van der Waals surface area contributed by atoms with Crippen molar-refractivity contribution in [3.63, 3.8) is 0 Å². The first-order valence-corrected chi connectivity index (χ1v) is 8.98. The minimum Gasteiger partial charge on any atom is -0.493 e. The van der Waals surface area contributed by atoms with Crippen LogP contribution in [0.25, 0.3) is 11.1 Å². The maximum absolute atomic E-state index is 12.6. The van der Waals surface area contributed by atoms with Crippen LogP contribution in [-0.4, -0.2) is 48.7 Å².